The van der Waals surface area contributed by atoms with E-state index in [1.54, 1.807) is 21.6 Å². The van der Waals surface area contributed by atoms with Crippen molar-refractivity contribution in [3.05, 3.63) is 0 Å². The Labute approximate surface area is 178 Å². The van der Waals surface area contributed by atoms with Crippen molar-refractivity contribution in [2.24, 2.45) is 0 Å². The van der Waals surface area contributed by atoms with Crippen LogP contribution < -0.4 is 10.6 Å². The molecule has 0 saturated carbocycles. The molecule has 3 atom stereocenters. The van der Waals surface area contributed by atoms with Crippen LogP contribution in [0.1, 0.15) is 45.4 Å². The van der Waals surface area contributed by atoms with Gasteiger partial charge in [-0.3, -0.25) is 9.59 Å². The SMILES string of the molecule is C[C@@H](O)[C@@H](CO)NC(=O)CCSSCCNC(=O)CCCC[C@@H]1CCSS1. The lowest BCUT2D eigenvalue weighted by Gasteiger charge is -2.18. The predicted octanol–water partition coefficient (Wildman–Crippen LogP) is 2.45. The van der Waals surface area contributed by atoms with E-state index in [2.05, 4.69) is 10.6 Å². The summed E-state index contributed by atoms with van der Waals surface area (Å²) in [5.41, 5.74) is 0. The van der Waals surface area contributed by atoms with E-state index in [1.165, 1.54) is 25.5 Å². The van der Waals surface area contributed by atoms with Crippen LogP contribution in [0.15, 0.2) is 0 Å². The number of rotatable bonds is 15. The molecule has 0 aromatic carbocycles. The van der Waals surface area contributed by atoms with Crippen molar-refractivity contribution < 1.29 is 19.8 Å². The van der Waals surface area contributed by atoms with E-state index in [9.17, 15) is 14.7 Å². The van der Waals surface area contributed by atoms with Crippen LogP contribution in [0.2, 0.25) is 0 Å². The van der Waals surface area contributed by atoms with Crippen LogP contribution in [-0.2, 0) is 9.59 Å². The quantitative estimate of drug-likeness (QED) is 0.220. The molecule has 0 spiro atoms. The monoisotopic (exact) mass is 456 g/mol. The number of hydrogen-bond donors (Lipinski definition) is 4. The number of aliphatic hydroxyl groups excluding tert-OH is 2. The highest BCUT2D eigenvalue weighted by Crippen LogP contribution is 2.39. The largest absolute Gasteiger partial charge is 0.394 e. The first-order valence-corrected chi connectivity index (χ1v) is 14.3. The minimum absolute atomic E-state index is 0.126. The highest BCUT2D eigenvalue weighted by molar-refractivity contribution is 8.77. The fourth-order valence-electron chi connectivity index (χ4n) is 2.39. The molecule has 4 N–H and O–H groups in total. The average Bonchev–Trinajstić information content (AvgIpc) is 3.15. The average molecular weight is 457 g/mol. The van der Waals surface area contributed by atoms with Crippen molar-refractivity contribution in [1.82, 2.24) is 10.6 Å². The van der Waals surface area contributed by atoms with Gasteiger partial charge in [0.15, 0.2) is 0 Å². The van der Waals surface area contributed by atoms with Crippen LogP contribution in [0.4, 0.5) is 0 Å². The Morgan fingerprint density at radius 1 is 1.19 bits per heavy atom. The second kappa shape index (κ2) is 16.1. The van der Waals surface area contributed by atoms with E-state index in [0.717, 1.165) is 23.8 Å². The maximum absolute atomic E-state index is 11.8. The zero-order valence-electron chi connectivity index (χ0n) is 15.9. The molecular formula is C17H32N2O4S4. The molecule has 1 heterocycles. The number of carbonyl (C=O) groups is 2. The first-order valence-electron chi connectivity index (χ1n) is 9.40. The van der Waals surface area contributed by atoms with Gasteiger partial charge in [-0.25, -0.2) is 0 Å². The molecule has 2 amide bonds. The van der Waals surface area contributed by atoms with Gasteiger partial charge in [-0.1, -0.05) is 49.6 Å². The summed E-state index contributed by atoms with van der Waals surface area (Å²) in [6, 6.07) is -0.610. The molecule has 1 aliphatic heterocycles. The summed E-state index contributed by atoms with van der Waals surface area (Å²) in [7, 11) is 7.18. The number of aliphatic hydroxyl groups is 2. The maximum Gasteiger partial charge on any atom is 0.221 e. The van der Waals surface area contributed by atoms with Crippen LogP contribution in [0.5, 0.6) is 0 Å². The summed E-state index contributed by atoms with van der Waals surface area (Å²) in [6.07, 6.45) is 4.80. The Kier molecular flexibility index (Phi) is 15.1. The van der Waals surface area contributed by atoms with Crippen molar-refractivity contribution in [3.8, 4) is 0 Å². The molecule has 6 nitrogen and oxygen atoms in total. The third-order valence-electron chi connectivity index (χ3n) is 4.04. The van der Waals surface area contributed by atoms with Crippen molar-refractivity contribution in [2.75, 3.05) is 30.4 Å². The smallest absolute Gasteiger partial charge is 0.221 e. The number of carbonyl (C=O) groups excluding carboxylic acids is 2. The predicted molar refractivity (Wildman–Crippen MR) is 120 cm³/mol. The van der Waals surface area contributed by atoms with Crippen LogP contribution in [0.3, 0.4) is 0 Å². The lowest BCUT2D eigenvalue weighted by Crippen LogP contribution is -2.44. The number of hydrogen-bond acceptors (Lipinski definition) is 8. The van der Waals surface area contributed by atoms with Crippen LogP contribution in [0.25, 0.3) is 0 Å². The molecule has 0 unspecified atom stereocenters. The van der Waals surface area contributed by atoms with Gasteiger partial charge >= 0.3 is 0 Å². The number of nitrogens with one attached hydrogen (secondary N) is 2. The van der Waals surface area contributed by atoms with E-state index in [0.29, 0.717) is 25.1 Å². The number of unbranched alkanes of at least 4 members (excludes halogenated alkanes) is 1. The molecule has 158 valence electrons. The lowest BCUT2D eigenvalue weighted by molar-refractivity contribution is -0.122. The van der Waals surface area contributed by atoms with Crippen LogP contribution in [-0.4, -0.2) is 69.8 Å². The first kappa shape index (κ1) is 25.3. The van der Waals surface area contributed by atoms with Crippen molar-refractivity contribution in [2.45, 2.75) is 62.8 Å². The molecular weight excluding hydrogens is 424 g/mol. The third-order valence-corrected chi connectivity index (χ3v) is 9.45. The Hall–Kier alpha value is 0.260. The van der Waals surface area contributed by atoms with E-state index in [1.807, 2.05) is 21.6 Å². The van der Waals surface area contributed by atoms with Crippen LogP contribution >= 0.6 is 43.2 Å². The zero-order valence-corrected chi connectivity index (χ0v) is 19.1. The fraction of sp³-hybridized carbons (Fsp3) is 0.882. The van der Waals surface area contributed by atoms with Crippen molar-refractivity contribution >= 4 is 55.0 Å². The molecule has 10 heteroatoms. The second-order valence-corrected chi connectivity index (χ2v) is 11.9. The Morgan fingerprint density at radius 2 is 1.96 bits per heavy atom. The van der Waals surface area contributed by atoms with E-state index >= 15 is 0 Å². The first-order chi connectivity index (χ1) is 13.0. The molecule has 0 aromatic heterocycles. The molecule has 0 aliphatic carbocycles. The summed E-state index contributed by atoms with van der Waals surface area (Å²) in [5.74, 6) is 2.68. The van der Waals surface area contributed by atoms with E-state index in [4.69, 9.17) is 5.11 Å². The van der Waals surface area contributed by atoms with Gasteiger partial charge in [0.1, 0.15) is 0 Å². The summed E-state index contributed by atoms with van der Waals surface area (Å²) in [5, 5.41) is 24.8. The second-order valence-electron chi connectivity index (χ2n) is 6.42. The highest BCUT2D eigenvalue weighted by atomic mass is 33.1. The molecule has 0 aromatic rings. The Balaban J connectivity index is 1.88. The minimum atomic E-state index is -0.773. The molecule has 1 fully saturated rings. The van der Waals surface area contributed by atoms with Gasteiger partial charge in [0, 0.05) is 41.9 Å². The number of amides is 2. The molecule has 1 aliphatic rings. The topological polar surface area (TPSA) is 98.7 Å². The fourth-order valence-corrected chi connectivity index (χ4v) is 7.32. The van der Waals surface area contributed by atoms with Gasteiger partial charge in [-0.15, -0.1) is 0 Å². The lowest BCUT2D eigenvalue weighted by atomic mass is 10.1. The molecule has 0 radical (unpaired) electrons. The van der Waals surface area contributed by atoms with Gasteiger partial charge in [-0.2, -0.15) is 0 Å². The van der Waals surface area contributed by atoms with Crippen LogP contribution in [0, 0.1) is 0 Å². The maximum atomic E-state index is 11.8. The Morgan fingerprint density at radius 3 is 2.63 bits per heavy atom. The zero-order chi connectivity index (χ0) is 19.9. The molecule has 1 rings (SSSR count). The summed E-state index contributed by atoms with van der Waals surface area (Å²) >= 11 is 0. The molecule has 1 saturated heterocycles. The van der Waals surface area contributed by atoms with E-state index < -0.39 is 12.1 Å². The van der Waals surface area contributed by atoms with E-state index in [-0.39, 0.29) is 18.4 Å². The minimum Gasteiger partial charge on any atom is -0.394 e. The van der Waals surface area contributed by atoms with Gasteiger partial charge in [0.25, 0.3) is 0 Å². The normalized spacial score (nSPS) is 18.9. The third kappa shape index (κ3) is 13.2. The molecule has 0 bridgehead atoms. The molecule has 27 heavy (non-hydrogen) atoms. The van der Waals surface area contributed by atoms with Gasteiger partial charge in [0.05, 0.1) is 18.8 Å². The van der Waals surface area contributed by atoms with Gasteiger partial charge in [0.2, 0.25) is 11.8 Å². The van der Waals surface area contributed by atoms with Crippen molar-refractivity contribution in [3.63, 3.8) is 0 Å². The summed E-state index contributed by atoms with van der Waals surface area (Å²) in [4.78, 5) is 23.5. The van der Waals surface area contributed by atoms with Crippen molar-refractivity contribution in [1.29, 1.82) is 0 Å². The Bertz CT molecular complexity index is 424. The summed E-state index contributed by atoms with van der Waals surface area (Å²) < 4.78 is 0. The van der Waals surface area contributed by atoms with Gasteiger partial charge < -0.3 is 20.8 Å². The standard InChI is InChI=1S/C17H32N2O4S4/c1-13(21)15(12-20)19-17(23)7-10-24-25-11-8-18-16(22)5-3-2-4-14-6-9-26-27-14/h13-15,20-21H,2-12H2,1H3,(H,18,22)(H,19,23)/t13-,14-,15-/m1/s1. The van der Waals surface area contributed by atoms with Gasteiger partial charge in [-0.05, 0) is 26.2 Å². The highest BCUT2D eigenvalue weighted by Gasteiger charge is 2.16. The summed E-state index contributed by atoms with van der Waals surface area (Å²) in [6.45, 7) is 1.91.